The molecule has 0 saturated carbocycles. The molecule has 1 aromatic heterocycles. The molecule has 6 heteroatoms. The number of hydrogen-bond acceptors (Lipinski definition) is 4. The summed E-state index contributed by atoms with van der Waals surface area (Å²) in [6.45, 7) is 0.305. The minimum absolute atomic E-state index is 0.114. The van der Waals surface area contributed by atoms with Gasteiger partial charge in [0, 0.05) is 34.4 Å². The summed E-state index contributed by atoms with van der Waals surface area (Å²) in [5, 5.41) is 3.66. The summed E-state index contributed by atoms with van der Waals surface area (Å²) in [5.41, 5.74) is 2.05. The number of ether oxygens (including phenoxy) is 2. The van der Waals surface area contributed by atoms with E-state index in [1.165, 1.54) is 0 Å². The highest BCUT2D eigenvalue weighted by Gasteiger charge is 2.15. The average molecular weight is 322 g/mol. The molecule has 3 aromatic rings. The second-order valence-corrected chi connectivity index (χ2v) is 5.46. The highest BCUT2D eigenvalue weighted by atomic mass is 16.7. The first-order valence-electron chi connectivity index (χ1n) is 7.47. The third kappa shape index (κ3) is 2.48. The molecule has 0 atom stereocenters. The molecule has 0 fully saturated rings. The fraction of sp³-hybridized carbons (Fsp3) is 0.111. The van der Waals surface area contributed by atoms with Gasteiger partial charge in [0.1, 0.15) is 6.54 Å². The van der Waals surface area contributed by atoms with Gasteiger partial charge in [-0.05, 0) is 18.2 Å². The highest BCUT2D eigenvalue weighted by molar-refractivity contribution is 5.99. The number of anilines is 1. The van der Waals surface area contributed by atoms with Gasteiger partial charge in [-0.1, -0.05) is 18.2 Å². The van der Waals surface area contributed by atoms with E-state index in [0.717, 1.165) is 17.2 Å². The van der Waals surface area contributed by atoms with Crippen molar-refractivity contribution < 1.29 is 19.1 Å². The predicted octanol–water partition coefficient (Wildman–Crippen LogP) is 2.82. The number of hydrogen-bond donors (Lipinski definition) is 1. The quantitative estimate of drug-likeness (QED) is 0.750. The van der Waals surface area contributed by atoms with Crippen molar-refractivity contribution in [2.45, 2.75) is 6.54 Å². The van der Waals surface area contributed by atoms with Gasteiger partial charge in [-0.25, -0.2) is 0 Å². The van der Waals surface area contributed by atoms with E-state index >= 15 is 0 Å². The zero-order chi connectivity index (χ0) is 16.5. The van der Waals surface area contributed by atoms with Crippen LogP contribution in [0.3, 0.4) is 0 Å². The predicted molar refractivity (Wildman–Crippen MR) is 88.5 cm³/mol. The van der Waals surface area contributed by atoms with Crippen molar-refractivity contribution >= 4 is 28.8 Å². The van der Waals surface area contributed by atoms with Crippen LogP contribution in [0.25, 0.3) is 10.9 Å². The Bertz CT molecular complexity index is 945. The number of amides is 1. The first-order valence-corrected chi connectivity index (χ1v) is 7.47. The summed E-state index contributed by atoms with van der Waals surface area (Å²) < 4.78 is 12.3. The largest absolute Gasteiger partial charge is 0.454 e. The second-order valence-electron chi connectivity index (χ2n) is 5.46. The minimum Gasteiger partial charge on any atom is -0.454 e. The number of carbonyl (C=O) groups excluding carboxylic acids is 2. The number of carbonyl (C=O) groups is 2. The van der Waals surface area contributed by atoms with Gasteiger partial charge in [-0.2, -0.15) is 0 Å². The van der Waals surface area contributed by atoms with Crippen molar-refractivity contribution in [1.29, 1.82) is 0 Å². The van der Waals surface area contributed by atoms with E-state index in [4.69, 9.17) is 9.47 Å². The van der Waals surface area contributed by atoms with Crippen LogP contribution in [0.2, 0.25) is 0 Å². The lowest BCUT2D eigenvalue weighted by molar-refractivity contribution is -0.116. The summed E-state index contributed by atoms with van der Waals surface area (Å²) in [7, 11) is 0. The van der Waals surface area contributed by atoms with E-state index in [2.05, 4.69) is 5.32 Å². The monoisotopic (exact) mass is 322 g/mol. The van der Waals surface area contributed by atoms with E-state index in [-0.39, 0.29) is 19.2 Å². The molecule has 0 spiro atoms. The smallest absolute Gasteiger partial charge is 0.244 e. The number of nitrogens with one attached hydrogen (secondary N) is 1. The Morgan fingerprint density at radius 2 is 2.00 bits per heavy atom. The van der Waals surface area contributed by atoms with Gasteiger partial charge in [0.05, 0.1) is 0 Å². The maximum absolute atomic E-state index is 12.3. The zero-order valence-electron chi connectivity index (χ0n) is 12.7. The molecule has 0 unspecified atom stereocenters. The number of fused-ring (bicyclic) bond motifs is 2. The van der Waals surface area contributed by atoms with Crippen LogP contribution >= 0.6 is 0 Å². The lowest BCUT2D eigenvalue weighted by Gasteiger charge is -2.08. The highest BCUT2D eigenvalue weighted by Crippen LogP contribution is 2.34. The Morgan fingerprint density at radius 1 is 1.17 bits per heavy atom. The van der Waals surface area contributed by atoms with Crippen molar-refractivity contribution in [3.05, 3.63) is 54.2 Å². The third-order valence-electron chi connectivity index (χ3n) is 3.92. The number of para-hydroxylation sites is 1. The van der Waals surface area contributed by atoms with Crippen molar-refractivity contribution in [2.24, 2.45) is 0 Å². The first-order chi connectivity index (χ1) is 11.7. The standard InChI is InChI=1S/C18H14N2O4/c21-10-12-8-20(15-4-2-1-3-14(12)15)9-18(22)19-13-5-6-16-17(7-13)24-11-23-16/h1-8,10H,9,11H2,(H,19,22). The normalized spacial score (nSPS) is 12.3. The van der Waals surface area contributed by atoms with Crippen LogP contribution in [0.1, 0.15) is 10.4 Å². The molecule has 0 saturated heterocycles. The molecule has 1 amide bonds. The molecular formula is C18H14N2O4. The fourth-order valence-electron chi connectivity index (χ4n) is 2.83. The van der Waals surface area contributed by atoms with Crippen LogP contribution in [0, 0.1) is 0 Å². The van der Waals surface area contributed by atoms with Crippen LogP contribution in [0.5, 0.6) is 11.5 Å². The van der Waals surface area contributed by atoms with Crippen LogP contribution in [-0.2, 0) is 11.3 Å². The van der Waals surface area contributed by atoms with Gasteiger partial charge >= 0.3 is 0 Å². The maximum atomic E-state index is 12.3. The molecule has 4 rings (SSSR count). The first kappa shape index (κ1) is 14.3. The van der Waals surface area contributed by atoms with E-state index in [9.17, 15) is 9.59 Å². The van der Waals surface area contributed by atoms with Crippen LogP contribution in [0.15, 0.2) is 48.7 Å². The number of aldehydes is 1. The van der Waals surface area contributed by atoms with Gasteiger partial charge in [0.2, 0.25) is 12.7 Å². The Balaban J connectivity index is 1.55. The topological polar surface area (TPSA) is 69.6 Å². The zero-order valence-corrected chi connectivity index (χ0v) is 12.7. The van der Waals surface area contributed by atoms with Gasteiger partial charge < -0.3 is 19.4 Å². The van der Waals surface area contributed by atoms with Crippen LogP contribution in [0.4, 0.5) is 5.69 Å². The summed E-state index contributed by atoms with van der Waals surface area (Å²) in [6, 6.07) is 12.7. The van der Waals surface area contributed by atoms with Crippen molar-refractivity contribution in [2.75, 3.05) is 12.1 Å². The molecule has 6 nitrogen and oxygen atoms in total. The molecule has 120 valence electrons. The van der Waals surface area contributed by atoms with Crippen LogP contribution in [-0.4, -0.2) is 23.6 Å². The van der Waals surface area contributed by atoms with Crippen LogP contribution < -0.4 is 14.8 Å². The Morgan fingerprint density at radius 3 is 2.88 bits per heavy atom. The number of benzene rings is 2. The van der Waals surface area contributed by atoms with Crippen molar-refractivity contribution in [3.63, 3.8) is 0 Å². The Kier molecular flexibility index (Phi) is 3.42. The van der Waals surface area contributed by atoms with Gasteiger partial charge in [-0.3, -0.25) is 9.59 Å². The number of nitrogens with zero attached hydrogens (tertiary/aromatic N) is 1. The SMILES string of the molecule is O=Cc1cn(CC(=O)Nc2ccc3c(c2)OCO3)c2ccccc12. The maximum Gasteiger partial charge on any atom is 0.244 e. The van der Waals surface area contributed by atoms with Gasteiger partial charge in [0.25, 0.3) is 0 Å². The minimum atomic E-state index is -0.188. The summed E-state index contributed by atoms with van der Waals surface area (Å²) in [4.78, 5) is 23.5. The van der Waals surface area contributed by atoms with Gasteiger partial charge in [-0.15, -0.1) is 0 Å². The van der Waals surface area contributed by atoms with E-state index in [1.54, 1.807) is 29.0 Å². The van der Waals surface area contributed by atoms with Crippen molar-refractivity contribution in [3.8, 4) is 11.5 Å². The van der Waals surface area contributed by atoms with E-state index < -0.39 is 0 Å². The molecular weight excluding hydrogens is 308 g/mol. The Labute approximate surface area is 137 Å². The fourth-order valence-corrected chi connectivity index (χ4v) is 2.83. The van der Waals surface area contributed by atoms with E-state index in [1.807, 2.05) is 24.3 Å². The molecule has 2 aromatic carbocycles. The van der Waals surface area contributed by atoms with Gasteiger partial charge in [0.15, 0.2) is 17.8 Å². The average Bonchev–Trinajstić information content (AvgIpc) is 3.19. The molecule has 24 heavy (non-hydrogen) atoms. The van der Waals surface area contributed by atoms with Crippen molar-refractivity contribution in [1.82, 2.24) is 4.57 Å². The summed E-state index contributed by atoms with van der Waals surface area (Å²) >= 11 is 0. The lowest BCUT2D eigenvalue weighted by Crippen LogP contribution is -2.18. The molecule has 1 N–H and O–H groups in total. The third-order valence-corrected chi connectivity index (χ3v) is 3.92. The molecule has 1 aliphatic rings. The number of aromatic nitrogens is 1. The summed E-state index contributed by atoms with van der Waals surface area (Å²) in [6.07, 6.45) is 2.49. The molecule has 0 aliphatic carbocycles. The molecule has 1 aliphatic heterocycles. The summed E-state index contributed by atoms with van der Waals surface area (Å²) in [5.74, 6) is 1.09. The number of rotatable bonds is 4. The van der Waals surface area contributed by atoms with E-state index in [0.29, 0.717) is 22.7 Å². The molecule has 0 radical (unpaired) electrons. The molecule has 2 heterocycles. The Hall–Kier alpha value is -3.28. The lowest BCUT2D eigenvalue weighted by atomic mass is 10.2. The second kappa shape index (κ2) is 5.73. The molecule has 0 bridgehead atoms.